The van der Waals surface area contributed by atoms with Crippen molar-refractivity contribution >= 4 is 23.0 Å². The molecule has 3 atom stereocenters. The quantitative estimate of drug-likeness (QED) is 0.282. The van der Waals surface area contributed by atoms with Gasteiger partial charge in [0, 0.05) is 35.9 Å². The van der Waals surface area contributed by atoms with E-state index < -0.39 is 10.8 Å². The number of nitro groups is 1. The van der Waals surface area contributed by atoms with Crippen molar-refractivity contribution in [3.05, 3.63) is 99.6 Å². The number of nitrogens with one attached hydrogen (secondary N) is 2. The first kappa shape index (κ1) is 18.5. The van der Waals surface area contributed by atoms with Crippen LogP contribution in [-0.2, 0) is 11.3 Å². The number of non-ortho nitro benzene ring substituents is 1. The molecular formula is C23H21N4O3+. The summed E-state index contributed by atoms with van der Waals surface area (Å²) in [6.07, 6.45) is 0. The fraction of sp³-hybridized carbons (Fsp3) is 0.174. The molecule has 0 aromatic heterocycles. The van der Waals surface area contributed by atoms with E-state index in [0.717, 1.165) is 34.6 Å². The molecule has 2 aliphatic heterocycles. The highest BCUT2D eigenvalue weighted by molar-refractivity contribution is 6.10. The first-order valence-corrected chi connectivity index (χ1v) is 9.85. The Bertz CT molecular complexity index is 1150. The molecule has 2 N–H and O–H groups in total. The molecule has 3 unspecified atom stereocenters. The summed E-state index contributed by atoms with van der Waals surface area (Å²) < 4.78 is -0.0482. The zero-order valence-electron chi connectivity index (χ0n) is 16.4. The van der Waals surface area contributed by atoms with Crippen LogP contribution in [0.15, 0.2) is 72.8 Å². The number of quaternary nitrogens is 1. The molecule has 1 amide bonds. The monoisotopic (exact) mass is 401 g/mol. The van der Waals surface area contributed by atoms with Crippen LogP contribution in [-0.4, -0.2) is 17.9 Å². The van der Waals surface area contributed by atoms with Crippen LogP contribution in [0.5, 0.6) is 0 Å². The van der Waals surface area contributed by atoms with E-state index in [9.17, 15) is 14.9 Å². The lowest BCUT2D eigenvalue weighted by Gasteiger charge is -2.45. The average molecular weight is 401 g/mol. The lowest BCUT2D eigenvalue weighted by Crippen LogP contribution is -2.68. The Labute approximate surface area is 173 Å². The number of carbonyl (C=O) groups is 1. The third kappa shape index (κ3) is 2.49. The van der Waals surface area contributed by atoms with Crippen molar-refractivity contribution in [2.24, 2.45) is 0 Å². The fourth-order valence-corrected chi connectivity index (χ4v) is 4.79. The number of benzene rings is 3. The first-order valence-electron chi connectivity index (χ1n) is 9.85. The number of β-lactam (4-membered cyclic amide) rings is 1. The zero-order valence-corrected chi connectivity index (χ0v) is 16.4. The second-order valence-electron chi connectivity index (χ2n) is 7.73. The van der Waals surface area contributed by atoms with Gasteiger partial charge in [0.25, 0.3) is 5.69 Å². The number of rotatable bonds is 6. The lowest BCUT2D eigenvalue weighted by molar-refractivity contribution is -0.384. The molecule has 3 aromatic rings. The van der Waals surface area contributed by atoms with E-state index in [1.165, 1.54) is 6.07 Å². The highest BCUT2D eigenvalue weighted by Gasteiger charge is 2.75. The molecule has 1 saturated heterocycles. The highest BCUT2D eigenvalue weighted by Crippen LogP contribution is 2.64. The molecule has 2 heterocycles. The van der Waals surface area contributed by atoms with Gasteiger partial charge in [0.05, 0.1) is 10.6 Å². The predicted octanol–water partition coefficient (Wildman–Crippen LogP) is 4.03. The number of carbonyl (C=O) groups excluding carboxylic acids is 1. The number of nitrogens with zero attached hydrogens (tertiary/aromatic N) is 2. The molecule has 5 rings (SSSR count). The molecule has 0 saturated carbocycles. The highest BCUT2D eigenvalue weighted by atomic mass is 16.6. The summed E-state index contributed by atoms with van der Waals surface area (Å²) in [5, 5.41) is 14.4. The van der Waals surface area contributed by atoms with Gasteiger partial charge in [0.15, 0.2) is 17.6 Å². The van der Waals surface area contributed by atoms with Crippen molar-refractivity contribution < 1.29 is 9.72 Å². The minimum absolute atomic E-state index is 0.0108. The van der Waals surface area contributed by atoms with Crippen molar-refractivity contribution in [2.45, 2.75) is 18.5 Å². The predicted molar refractivity (Wildman–Crippen MR) is 115 cm³/mol. The third-order valence-corrected chi connectivity index (χ3v) is 6.07. The van der Waals surface area contributed by atoms with E-state index in [-0.39, 0.29) is 22.2 Å². The van der Waals surface area contributed by atoms with Gasteiger partial charge in [-0.1, -0.05) is 42.5 Å². The normalized spacial score (nSPS) is 23.6. The second kappa shape index (κ2) is 6.76. The molecule has 0 aliphatic carbocycles. The number of amides is 1. The molecule has 1 fully saturated rings. The van der Waals surface area contributed by atoms with Crippen LogP contribution in [0.3, 0.4) is 0 Å². The number of hydrogen-bond donors (Lipinski definition) is 2. The van der Waals surface area contributed by atoms with Crippen LogP contribution < -0.4 is 15.3 Å². The van der Waals surface area contributed by atoms with Crippen LogP contribution in [0.1, 0.15) is 28.7 Å². The van der Waals surface area contributed by atoms with Gasteiger partial charge in [0.1, 0.15) is 0 Å². The number of hydrogen-bond acceptors (Lipinski definition) is 5. The minimum atomic E-state index is -0.411. The van der Waals surface area contributed by atoms with Crippen molar-refractivity contribution in [3.8, 4) is 0 Å². The van der Waals surface area contributed by atoms with E-state index in [1.807, 2.05) is 61.6 Å². The van der Waals surface area contributed by atoms with Crippen molar-refractivity contribution in [1.29, 1.82) is 0 Å². The molecule has 150 valence electrons. The van der Waals surface area contributed by atoms with Crippen molar-refractivity contribution in [3.63, 3.8) is 0 Å². The first-order chi connectivity index (χ1) is 14.6. The molecule has 0 radical (unpaired) electrons. The Morgan fingerprint density at radius 1 is 1.03 bits per heavy atom. The van der Waals surface area contributed by atoms with E-state index in [0.29, 0.717) is 0 Å². The molecule has 0 spiro atoms. The molecular weight excluding hydrogens is 380 g/mol. The molecule has 2 bridgehead atoms. The van der Waals surface area contributed by atoms with Gasteiger partial charge >= 0.3 is 5.91 Å². The lowest BCUT2D eigenvalue weighted by atomic mass is 9.83. The summed E-state index contributed by atoms with van der Waals surface area (Å²) in [6, 6.07) is 22.4. The third-order valence-electron chi connectivity index (χ3n) is 6.07. The summed E-state index contributed by atoms with van der Waals surface area (Å²) in [7, 11) is 1.90. The Morgan fingerprint density at radius 2 is 1.77 bits per heavy atom. The molecule has 7 nitrogen and oxygen atoms in total. The van der Waals surface area contributed by atoms with E-state index in [1.54, 1.807) is 12.1 Å². The molecule has 30 heavy (non-hydrogen) atoms. The second-order valence-corrected chi connectivity index (χ2v) is 7.73. The zero-order chi connectivity index (χ0) is 20.9. The van der Waals surface area contributed by atoms with Gasteiger partial charge in [0.2, 0.25) is 0 Å². The van der Waals surface area contributed by atoms with Gasteiger partial charge < -0.3 is 5.32 Å². The van der Waals surface area contributed by atoms with Gasteiger partial charge in [-0.25, -0.2) is 10.2 Å². The standard InChI is InChI=1S/C23H21N4O3/c1-24-14-15-7-9-17(10-8-15)25-27-20-12-11-18(26(29)30)13-19(20)21(23(27)28)22(27)16-5-3-2-4-6-16/h2-13,21-22,24-25H,14H2,1H3/q+1. The van der Waals surface area contributed by atoms with Gasteiger partial charge in [-0.2, -0.15) is 0 Å². The number of nitro benzene ring substituents is 1. The van der Waals surface area contributed by atoms with Crippen molar-refractivity contribution in [1.82, 2.24) is 9.91 Å². The van der Waals surface area contributed by atoms with Gasteiger partial charge in [-0.15, -0.1) is 4.59 Å². The number of fused-ring (bicyclic) bond motifs is 5. The summed E-state index contributed by atoms with van der Waals surface area (Å²) in [6.45, 7) is 0.764. The summed E-state index contributed by atoms with van der Waals surface area (Å²) in [4.78, 5) is 24.3. The van der Waals surface area contributed by atoms with Crippen LogP contribution in [0.25, 0.3) is 0 Å². The Morgan fingerprint density at radius 3 is 2.43 bits per heavy atom. The Hall–Kier alpha value is -3.55. The Balaban J connectivity index is 1.61. The molecule has 7 heteroatoms. The maximum absolute atomic E-state index is 13.4. The summed E-state index contributed by atoms with van der Waals surface area (Å²) >= 11 is 0. The molecule has 3 aromatic carbocycles. The topological polar surface area (TPSA) is 84.3 Å². The average Bonchev–Trinajstić information content (AvgIpc) is 3.19. The minimum Gasteiger partial charge on any atom is -0.316 e. The van der Waals surface area contributed by atoms with Gasteiger partial charge in [-0.05, 0) is 24.7 Å². The maximum atomic E-state index is 13.4. The van der Waals surface area contributed by atoms with Crippen LogP contribution in [0.2, 0.25) is 0 Å². The SMILES string of the molecule is CNCc1ccc(N[N+]23C(=O)C(c4cc([N+](=O)[O-])ccc42)C3c2ccccc2)cc1. The van der Waals surface area contributed by atoms with Gasteiger partial charge in [-0.3, -0.25) is 10.1 Å². The van der Waals surface area contributed by atoms with Crippen LogP contribution >= 0.6 is 0 Å². The summed E-state index contributed by atoms with van der Waals surface area (Å²) in [5.74, 6) is -0.378. The van der Waals surface area contributed by atoms with E-state index in [2.05, 4.69) is 10.7 Å². The summed E-state index contributed by atoms with van der Waals surface area (Å²) in [5.41, 5.74) is 7.99. The Kier molecular flexibility index (Phi) is 4.16. The van der Waals surface area contributed by atoms with Crippen LogP contribution in [0.4, 0.5) is 17.1 Å². The largest absolute Gasteiger partial charge is 0.357 e. The van der Waals surface area contributed by atoms with Crippen molar-refractivity contribution in [2.75, 3.05) is 12.5 Å². The van der Waals surface area contributed by atoms with Crippen LogP contribution in [0, 0.1) is 10.1 Å². The number of anilines is 1. The van der Waals surface area contributed by atoms with E-state index in [4.69, 9.17) is 0 Å². The molecule has 2 aliphatic rings. The fourth-order valence-electron chi connectivity index (χ4n) is 4.79. The van der Waals surface area contributed by atoms with E-state index >= 15 is 0 Å². The smallest absolute Gasteiger partial charge is 0.316 e. The maximum Gasteiger partial charge on any atom is 0.357 e.